The summed E-state index contributed by atoms with van der Waals surface area (Å²) in [7, 11) is 0. The lowest BCUT2D eigenvalue weighted by Gasteiger charge is -2.34. The highest BCUT2D eigenvalue weighted by Gasteiger charge is 2.41. The van der Waals surface area contributed by atoms with Gasteiger partial charge in [-0.2, -0.15) is 0 Å². The Hall–Kier alpha value is -1.92. The number of carbonyl (C=O) groups is 4. The van der Waals surface area contributed by atoms with E-state index in [-0.39, 0.29) is 6.54 Å². The number of aliphatic carboxylic acids is 1. The predicted molar refractivity (Wildman–Crippen MR) is 60.6 cm³/mol. The topological polar surface area (TPSA) is 95.0 Å². The van der Waals surface area contributed by atoms with Crippen LogP contribution in [0.2, 0.25) is 0 Å². The Kier molecular flexibility index (Phi) is 4.41. The van der Waals surface area contributed by atoms with Gasteiger partial charge < -0.3 is 5.11 Å². The molecule has 0 radical (unpaired) electrons. The highest BCUT2D eigenvalue weighted by molar-refractivity contribution is 6.15. The van der Waals surface area contributed by atoms with Crippen molar-refractivity contribution in [1.29, 1.82) is 0 Å². The number of barbiturate groups is 1. The normalized spacial score (nSPS) is 18.2. The molecule has 0 aromatic carbocycles. The minimum atomic E-state index is -1.28. The molecule has 0 aliphatic carbocycles. The molecule has 0 saturated carbocycles. The Labute approximate surface area is 104 Å². The van der Waals surface area contributed by atoms with Crippen LogP contribution in [0.3, 0.4) is 0 Å². The molecule has 0 aromatic heterocycles. The minimum absolute atomic E-state index is 0.213. The first kappa shape index (κ1) is 14.1. The number of unbranched alkanes of at least 4 members (excludes halogenated alkanes) is 1. The fourth-order valence-corrected chi connectivity index (χ4v) is 1.68. The van der Waals surface area contributed by atoms with Gasteiger partial charge in [0.2, 0.25) is 11.8 Å². The first-order chi connectivity index (χ1) is 8.40. The molecule has 1 saturated heterocycles. The van der Waals surface area contributed by atoms with Crippen LogP contribution in [-0.4, -0.2) is 51.3 Å². The summed E-state index contributed by atoms with van der Waals surface area (Å²) in [5.41, 5.74) is 0. The molecule has 1 unspecified atom stereocenters. The second-order valence-electron chi connectivity index (χ2n) is 4.14. The number of carboxylic acid groups (broad SMARTS) is 1. The fourth-order valence-electron chi connectivity index (χ4n) is 1.68. The summed E-state index contributed by atoms with van der Waals surface area (Å²) < 4.78 is 0. The van der Waals surface area contributed by atoms with Crippen molar-refractivity contribution in [3.63, 3.8) is 0 Å². The lowest BCUT2D eigenvalue weighted by molar-refractivity contribution is -0.152. The molecule has 0 spiro atoms. The standard InChI is InChI=1S/C11H16N2O5/c1-3-4-5-12-8(14)6-9(15)13(11(12)18)7(2)10(16)17/h7H,3-6H2,1-2H3,(H,16,17). The van der Waals surface area contributed by atoms with Crippen molar-refractivity contribution in [1.82, 2.24) is 9.80 Å². The third-order valence-electron chi connectivity index (χ3n) is 2.79. The van der Waals surface area contributed by atoms with E-state index in [2.05, 4.69) is 0 Å². The van der Waals surface area contributed by atoms with Gasteiger partial charge in [-0.25, -0.2) is 14.5 Å². The van der Waals surface area contributed by atoms with Crippen molar-refractivity contribution in [2.45, 2.75) is 39.2 Å². The second kappa shape index (κ2) is 5.61. The van der Waals surface area contributed by atoms with Gasteiger partial charge in [-0.15, -0.1) is 0 Å². The monoisotopic (exact) mass is 256 g/mol. The Morgan fingerprint density at radius 2 is 1.94 bits per heavy atom. The molecule has 100 valence electrons. The lowest BCUT2D eigenvalue weighted by Crippen LogP contribution is -2.59. The van der Waals surface area contributed by atoms with Crippen molar-refractivity contribution >= 4 is 23.8 Å². The molecule has 1 fully saturated rings. The third-order valence-corrected chi connectivity index (χ3v) is 2.79. The number of imide groups is 2. The van der Waals surface area contributed by atoms with Gasteiger partial charge in [-0.1, -0.05) is 13.3 Å². The van der Waals surface area contributed by atoms with Crippen LogP contribution in [0.15, 0.2) is 0 Å². The van der Waals surface area contributed by atoms with E-state index >= 15 is 0 Å². The van der Waals surface area contributed by atoms with E-state index in [1.807, 2.05) is 6.92 Å². The van der Waals surface area contributed by atoms with Crippen molar-refractivity contribution in [2.24, 2.45) is 0 Å². The van der Waals surface area contributed by atoms with Gasteiger partial charge >= 0.3 is 12.0 Å². The molecule has 1 rings (SSSR count). The van der Waals surface area contributed by atoms with E-state index in [1.54, 1.807) is 0 Å². The largest absolute Gasteiger partial charge is 0.480 e. The van der Waals surface area contributed by atoms with Crippen LogP contribution in [0.4, 0.5) is 4.79 Å². The first-order valence-electron chi connectivity index (χ1n) is 5.79. The number of carbonyl (C=O) groups excluding carboxylic acids is 3. The Morgan fingerprint density at radius 1 is 1.33 bits per heavy atom. The number of amides is 4. The zero-order chi connectivity index (χ0) is 13.9. The number of hydrogen-bond acceptors (Lipinski definition) is 4. The average molecular weight is 256 g/mol. The third kappa shape index (κ3) is 2.66. The van der Waals surface area contributed by atoms with Gasteiger partial charge in [0, 0.05) is 6.54 Å². The molecular weight excluding hydrogens is 240 g/mol. The van der Waals surface area contributed by atoms with Crippen LogP contribution in [-0.2, 0) is 14.4 Å². The summed E-state index contributed by atoms with van der Waals surface area (Å²) >= 11 is 0. The van der Waals surface area contributed by atoms with Gasteiger partial charge in [0.1, 0.15) is 12.5 Å². The Balaban J connectivity index is 2.91. The molecule has 1 atom stereocenters. The van der Waals surface area contributed by atoms with E-state index in [9.17, 15) is 19.2 Å². The Morgan fingerprint density at radius 3 is 2.44 bits per heavy atom. The van der Waals surface area contributed by atoms with Gasteiger partial charge in [-0.05, 0) is 13.3 Å². The molecule has 7 nitrogen and oxygen atoms in total. The van der Waals surface area contributed by atoms with Crippen LogP contribution < -0.4 is 0 Å². The molecular formula is C11H16N2O5. The molecule has 7 heteroatoms. The van der Waals surface area contributed by atoms with Crippen LogP contribution in [0.1, 0.15) is 33.1 Å². The molecule has 0 bridgehead atoms. The van der Waals surface area contributed by atoms with E-state index < -0.39 is 36.3 Å². The predicted octanol–water partition coefficient (Wildman–Crippen LogP) is 0.440. The molecule has 1 aliphatic heterocycles. The summed E-state index contributed by atoms with van der Waals surface area (Å²) in [6.45, 7) is 3.36. The van der Waals surface area contributed by atoms with Crippen molar-refractivity contribution < 1.29 is 24.3 Å². The van der Waals surface area contributed by atoms with E-state index in [0.29, 0.717) is 11.3 Å². The van der Waals surface area contributed by atoms with Crippen molar-refractivity contribution in [3.05, 3.63) is 0 Å². The highest BCUT2D eigenvalue weighted by Crippen LogP contribution is 2.16. The maximum absolute atomic E-state index is 11.9. The number of rotatable bonds is 5. The summed E-state index contributed by atoms with van der Waals surface area (Å²) in [5, 5.41) is 8.85. The molecule has 1 N–H and O–H groups in total. The number of urea groups is 1. The molecule has 18 heavy (non-hydrogen) atoms. The SMILES string of the molecule is CCCCN1C(=O)CC(=O)N(C(C)C(=O)O)C1=O. The van der Waals surface area contributed by atoms with Crippen LogP contribution >= 0.6 is 0 Å². The van der Waals surface area contributed by atoms with Crippen LogP contribution in [0.5, 0.6) is 0 Å². The first-order valence-corrected chi connectivity index (χ1v) is 5.79. The van der Waals surface area contributed by atoms with E-state index in [1.165, 1.54) is 6.92 Å². The Bertz CT molecular complexity index is 393. The smallest absolute Gasteiger partial charge is 0.334 e. The van der Waals surface area contributed by atoms with Crippen molar-refractivity contribution in [3.8, 4) is 0 Å². The van der Waals surface area contributed by atoms with Gasteiger partial charge in [0.15, 0.2) is 0 Å². The summed E-state index contributed by atoms with van der Waals surface area (Å²) in [5.74, 6) is -2.60. The van der Waals surface area contributed by atoms with Gasteiger partial charge in [0.05, 0.1) is 0 Å². The van der Waals surface area contributed by atoms with Gasteiger partial charge in [-0.3, -0.25) is 14.5 Å². The van der Waals surface area contributed by atoms with Crippen LogP contribution in [0.25, 0.3) is 0 Å². The maximum atomic E-state index is 11.9. The number of hydrogen-bond donors (Lipinski definition) is 1. The summed E-state index contributed by atoms with van der Waals surface area (Å²) in [6.07, 6.45) is 0.966. The molecule has 4 amide bonds. The van der Waals surface area contributed by atoms with E-state index in [0.717, 1.165) is 11.3 Å². The van der Waals surface area contributed by atoms with Crippen LogP contribution in [0, 0.1) is 0 Å². The summed E-state index contributed by atoms with van der Waals surface area (Å²) in [4.78, 5) is 47.5. The summed E-state index contributed by atoms with van der Waals surface area (Å²) in [6, 6.07) is -2.10. The van der Waals surface area contributed by atoms with Gasteiger partial charge in [0.25, 0.3) is 0 Å². The molecule has 1 heterocycles. The quantitative estimate of drug-likeness (QED) is 0.720. The highest BCUT2D eigenvalue weighted by atomic mass is 16.4. The van der Waals surface area contributed by atoms with E-state index in [4.69, 9.17) is 5.11 Å². The second-order valence-corrected chi connectivity index (χ2v) is 4.14. The lowest BCUT2D eigenvalue weighted by atomic mass is 10.2. The maximum Gasteiger partial charge on any atom is 0.334 e. The zero-order valence-corrected chi connectivity index (χ0v) is 10.4. The molecule has 0 aromatic rings. The number of nitrogens with zero attached hydrogens (tertiary/aromatic N) is 2. The number of carboxylic acids is 1. The van der Waals surface area contributed by atoms with Crippen molar-refractivity contribution in [2.75, 3.05) is 6.54 Å². The molecule has 1 aliphatic rings. The fraction of sp³-hybridized carbons (Fsp3) is 0.636. The average Bonchev–Trinajstić information content (AvgIpc) is 2.28. The minimum Gasteiger partial charge on any atom is -0.480 e. The zero-order valence-electron chi connectivity index (χ0n) is 10.4.